The summed E-state index contributed by atoms with van der Waals surface area (Å²) in [4.78, 5) is 13.9. The summed E-state index contributed by atoms with van der Waals surface area (Å²) in [6.07, 6.45) is 6.66. The molecule has 2 heterocycles. The van der Waals surface area contributed by atoms with E-state index in [9.17, 15) is 13.6 Å². The molecule has 0 spiro atoms. The lowest BCUT2D eigenvalue weighted by Gasteiger charge is -2.32. The summed E-state index contributed by atoms with van der Waals surface area (Å²) in [6.45, 7) is 1.40. The van der Waals surface area contributed by atoms with Gasteiger partial charge in [0.1, 0.15) is 0 Å². The number of hydrogen-bond acceptors (Lipinski definition) is 2. The van der Waals surface area contributed by atoms with Crippen molar-refractivity contribution in [1.82, 2.24) is 20.0 Å². The van der Waals surface area contributed by atoms with E-state index in [0.717, 1.165) is 12.8 Å². The predicted octanol–water partition coefficient (Wildman–Crippen LogP) is 2.74. The van der Waals surface area contributed by atoms with Gasteiger partial charge in [-0.25, -0.2) is 13.6 Å². The van der Waals surface area contributed by atoms with Crippen molar-refractivity contribution in [2.24, 2.45) is 13.0 Å². The molecule has 1 N–H and O–H groups in total. The van der Waals surface area contributed by atoms with Crippen molar-refractivity contribution in [2.75, 3.05) is 19.6 Å². The van der Waals surface area contributed by atoms with Crippen LogP contribution >= 0.6 is 0 Å². The van der Waals surface area contributed by atoms with Gasteiger partial charge in [-0.15, -0.1) is 0 Å². The van der Waals surface area contributed by atoms with Gasteiger partial charge in [0.05, 0.1) is 6.20 Å². The summed E-state index contributed by atoms with van der Waals surface area (Å²) in [5.74, 6) is -2.91. The molecule has 128 valence electrons. The summed E-state index contributed by atoms with van der Waals surface area (Å²) in [6, 6.07) is -0.211. The van der Waals surface area contributed by atoms with Crippen molar-refractivity contribution in [3.63, 3.8) is 0 Å². The fourth-order valence-electron chi connectivity index (χ4n) is 3.64. The third kappa shape index (κ3) is 3.64. The van der Waals surface area contributed by atoms with Gasteiger partial charge in [-0.05, 0) is 37.2 Å². The SMILES string of the molecule is Cn1cc(C2CCN(C(=O)NCC3CCCC3(F)F)CC2)cn1. The maximum Gasteiger partial charge on any atom is 0.317 e. The van der Waals surface area contributed by atoms with Gasteiger partial charge in [0, 0.05) is 45.2 Å². The zero-order chi connectivity index (χ0) is 16.4. The topological polar surface area (TPSA) is 50.2 Å². The Morgan fingerprint density at radius 2 is 2.13 bits per heavy atom. The van der Waals surface area contributed by atoms with E-state index in [-0.39, 0.29) is 19.0 Å². The minimum absolute atomic E-state index is 0.0515. The molecule has 1 saturated heterocycles. The normalized spacial score (nSPS) is 24.8. The Morgan fingerprint density at radius 1 is 1.39 bits per heavy atom. The Bertz CT molecular complexity index is 552. The van der Waals surface area contributed by atoms with Crippen LogP contribution in [0.3, 0.4) is 0 Å². The molecule has 2 aliphatic rings. The van der Waals surface area contributed by atoms with Crippen LogP contribution in [-0.4, -0.2) is 46.3 Å². The van der Waals surface area contributed by atoms with Crippen molar-refractivity contribution in [2.45, 2.75) is 43.9 Å². The number of piperidine rings is 1. The third-order valence-corrected chi connectivity index (χ3v) is 5.14. The number of hydrogen-bond donors (Lipinski definition) is 1. The smallest absolute Gasteiger partial charge is 0.317 e. The van der Waals surface area contributed by atoms with E-state index in [1.54, 1.807) is 9.58 Å². The average Bonchev–Trinajstić information content (AvgIpc) is 3.10. The summed E-state index contributed by atoms with van der Waals surface area (Å²) in [5, 5.41) is 6.89. The number of rotatable bonds is 3. The fraction of sp³-hybridized carbons (Fsp3) is 0.750. The number of amides is 2. The Balaban J connectivity index is 1.45. The molecule has 2 fully saturated rings. The zero-order valence-corrected chi connectivity index (χ0v) is 13.5. The van der Waals surface area contributed by atoms with Crippen LogP contribution in [0.15, 0.2) is 12.4 Å². The number of likely N-dealkylation sites (tertiary alicyclic amines) is 1. The first kappa shape index (κ1) is 16.2. The van der Waals surface area contributed by atoms with Gasteiger partial charge in [-0.1, -0.05) is 0 Å². The molecule has 1 unspecified atom stereocenters. The van der Waals surface area contributed by atoms with E-state index in [2.05, 4.69) is 10.4 Å². The van der Waals surface area contributed by atoms with E-state index < -0.39 is 11.8 Å². The highest BCUT2D eigenvalue weighted by Crippen LogP contribution is 2.39. The van der Waals surface area contributed by atoms with Gasteiger partial charge in [0.2, 0.25) is 0 Å². The first-order chi connectivity index (χ1) is 11.0. The first-order valence-corrected chi connectivity index (χ1v) is 8.35. The molecule has 1 aromatic heterocycles. The first-order valence-electron chi connectivity index (χ1n) is 8.35. The predicted molar refractivity (Wildman–Crippen MR) is 82.4 cm³/mol. The van der Waals surface area contributed by atoms with Crippen LogP contribution in [0.5, 0.6) is 0 Å². The lowest BCUT2D eigenvalue weighted by molar-refractivity contribution is -0.0352. The third-order valence-electron chi connectivity index (χ3n) is 5.14. The second-order valence-electron chi connectivity index (χ2n) is 6.74. The second kappa shape index (κ2) is 6.45. The van der Waals surface area contributed by atoms with Gasteiger partial charge >= 0.3 is 6.03 Å². The zero-order valence-electron chi connectivity index (χ0n) is 13.5. The van der Waals surface area contributed by atoms with Crippen LogP contribution in [0.4, 0.5) is 13.6 Å². The van der Waals surface area contributed by atoms with E-state index in [1.165, 1.54) is 5.56 Å². The second-order valence-corrected chi connectivity index (χ2v) is 6.74. The van der Waals surface area contributed by atoms with E-state index in [1.807, 2.05) is 19.4 Å². The number of halogens is 2. The molecule has 0 bridgehead atoms. The Labute approximate surface area is 135 Å². The van der Waals surface area contributed by atoms with Crippen LogP contribution in [-0.2, 0) is 7.05 Å². The molecule has 1 aromatic rings. The summed E-state index contributed by atoms with van der Waals surface area (Å²) >= 11 is 0. The standard InChI is InChI=1S/C16H24F2N4O/c1-21-11-13(9-20-21)12-4-7-22(8-5-12)15(23)19-10-14-3-2-6-16(14,17)18/h9,11-12,14H,2-8,10H2,1H3,(H,19,23). The minimum Gasteiger partial charge on any atom is -0.337 e. The van der Waals surface area contributed by atoms with Crippen LogP contribution < -0.4 is 5.32 Å². The summed E-state index contributed by atoms with van der Waals surface area (Å²) in [7, 11) is 1.89. The largest absolute Gasteiger partial charge is 0.337 e. The highest BCUT2D eigenvalue weighted by Gasteiger charge is 2.43. The number of carbonyl (C=O) groups excluding carboxylic acids is 1. The number of carbonyl (C=O) groups is 1. The van der Waals surface area contributed by atoms with Crippen molar-refractivity contribution < 1.29 is 13.6 Å². The lowest BCUT2D eigenvalue weighted by Crippen LogP contribution is -2.46. The summed E-state index contributed by atoms with van der Waals surface area (Å²) in [5.41, 5.74) is 1.21. The fourth-order valence-corrected chi connectivity index (χ4v) is 3.64. The van der Waals surface area contributed by atoms with Crippen molar-refractivity contribution >= 4 is 6.03 Å². The van der Waals surface area contributed by atoms with Gasteiger partial charge in [-0.3, -0.25) is 4.68 Å². The molecule has 1 aliphatic carbocycles. The molecule has 1 atom stereocenters. The Kier molecular flexibility index (Phi) is 4.55. The molecule has 1 aliphatic heterocycles. The van der Waals surface area contributed by atoms with E-state index >= 15 is 0 Å². The number of nitrogens with zero attached hydrogens (tertiary/aromatic N) is 3. The molecule has 5 nitrogen and oxygen atoms in total. The molecular formula is C16H24F2N4O. The van der Waals surface area contributed by atoms with Crippen LogP contribution in [0.1, 0.15) is 43.6 Å². The van der Waals surface area contributed by atoms with Gasteiger partial charge in [-0.2, -0.15) is 5.10 Å². The maximum atomic E-state index is 13.6. The van der Waals surface area contributed by atoms with Crippen LogP contribution in [0.2, 0.25) is 0 Å². The molecule has 7 heteroatoms. The van der Waals surface area contributed by atoms with Gasteiger partial charge < -0.3 is 10.2 Å². The number of aryl methyl sites for hydroxylation is 1. The maximum absolute atomic E-state index is 13.6. The van der Waals surface area contributed by atoms with Gasteiger partial charge in [0.25, 0.3) is 5.92 Å². The molecular weight excluding hydrogens is 302 g/mol. The van der Waals surface area contributed by atoms with Crippen molar-refractivity contribution in [3.8, 4) is 0 Å². The molecule has 3 rings (SSSR count). The molecule has 23 heavy (non-hydrogen) atoms. The Hall–Kier alpha value is -1.66. The summed E-state index contributed by atoms with van der Waals surface area (Å²) < 4.78 is 28.9. The van der Waals surface area contributed by atoms with Crippen LogP contribution in [0, 0.1) is 5.92 Å². The number of alkyl halides is 2. The monoisotopic (exact) mass is 326 g/mol. The highest BCUT2D eigenvalue weighted by atomic mass is 19.3. The van der Waals surface area contributed by atoms with E-state index in [0.29, 0.717) is 31.8 Å². The number of urea groups is 1. The van der Waals surface area contributed by atoms with Gasteiger partial charge in [0.15, 0.2) is 0 Å². The van der Waals surface area contributed by atoms with Crippen molar-refractivity contribution in [3.05, 3.63) is 18.0 Å². The van der Waals surface area contributed by atoms with Crippen LogP contribution in [0.25, 0.3) is 0 Å². The average molecular weight is 326 g/mol. The molecule has 0 aromatic carbocycles. The lowest BCUT2D eigenvalue weighted by atomic mass is 9.92. The number of aromatic nitrogens is 2. The Morgan fingerprint density at radius 3 is 2.70 bits per heavy atom. The minimum atomic E-state index is -2.62. The van der Waals surface area contributed by atoms with E-state index in [4.69, 9.17) is 0 Å². The highest BCUT2D eigenvalue weighted by molar-refractivity contribution is 5.74. The molecule has 2 amide bonds. The van der Waals surface area contributed by atoms with Crippen molar-refractivity contribution in [1.29, 1.82) is 0 Å². The molecule has 0 radical (unpaired) electrons. The number of nitrogens with one attached hydrogen (secondary N) is 1. The quantitative estimate of drug-likeness (QED) is 0.928. The molecule has 1 saturated carbocycles.